The second-order valence-electron chi connectivity index (χ2n) is 4.77. The fourth-order valence-electron chi connectivity index (χ4n) is 1.81. The van der Waals surface area contributed by atoms with E-state index in [0.29, 0.717) is 12.2 Å². The summed E-state index contributed by atoms with van der Waals surface area (Å²) in [4.78, 5) is 0. The maximum absolute atomic E-state index is 5.82. The van der Waals surface area contributed by atoms with Gasteiger partial charge in [-0.05, 0) is 32.2 Å². The van der Waals surface area contributed by atoms with E-state index >= 15 is 0 Å². The molecule has 0 aromatic heterocycles. The van der Waals surface area contributed by atoms with Gasteiger partial charge < -0.3 is 14.8 Å². The van der Waals surface area contributed by atoms with Crippen molar-refractivity contribution in [3.8, 4) is 0 Å². The zero-order valence-electron chi connectivity index (χ0n) is 10.3. The summed E-state index contributed by atoms with van der Waals surface area (Å²) in [7, 11) is 1.97. The number of nitrogens with one attached hydrogen (secondary N) is 1. The standard InChI is InChI=1S/C12H25NO2/c1-10(2)6-7-14-9-12-5-4-11(15-12)8-13-3/h10-13H,4-9H2,1-3H3. The third-order valence-corrected chi connectivity index (χ3v) is 2.77. The first-order valence-corrected chi connectivity index (χ1v) is 6.10. The second-order valence-corrected chi connectivity index (χ2v) is 4.77. The highest BCUT2D eigenvalue weighted by atomic mass is 16.5. The Morgan fingerprint density at radius 1 is 1.33 bits per heavy atom. The highest BCUT2D eigenvalue weighted by Crippen LogP contribution is 2.19. The first-order chi connectivity index (χ1) is 7.22. The summed E-state index contributed by atoms with van der Waals surface area (Å²) in [6.45, 7) is 7.04. The van der Waals surface area contributed by atoms with E-state index in [9.17, 15) is 0 Å². The fourth-order valence-corrected chi connectivity index (χ4v) is 1.81. The zero-order valence-corrected chi connectivity index (χ0v) is 10.3. The molecule has 1 heterocycles. The first kappa shape index (κ1) is 12.9. The van der Waals surface area contributed by atoms with Crippen LogP contribution in [-0.4, -0.2) is 39.0 Å². The highest BCUT2D eigenvalue weighted by Gasteiger charge is 2.24. The van der Waals surface area contributed by atoms with Crippen LogP contribution in [0.5, 0.6) is 0 Å². The van der Waals surface area contributed by atoms with Gasteiger partial charge in [-0.15, -0.1) is 0 Å². The minimum atomic E-state index is 0.329. The van der Waals surface area contributed by atoms with Crippen molar-refractivity contribution in [2.45, 2.75) is 45.3 Å². The van der Waals surface area contributed by atoms with Crippen LogP contribution in [0.25, 0.3) is 0 Å². The molecule has 0 aliphatic carbocycles. The SMILES string of the molecule is CNCC1CCC(COCCC(C)C)O1. The molecule has 90 valence electrons. The topological polar surface area (TPSA) is 30.5 Å². The molecular weight excluding hydrogens is 190 g/mol. The lowest BCUT2D eigenvalue weighted by molar-refractivity contribution is -0.0156. The van der Waals surface area contributed by atoms with Crippen LogP contribution in [0.4, 0.5) is 0 Å². The van der Waals surface area contributed by atoms with Crippen molar-refractivity contribution >= 4 is 0 Å². The Kier molecular flexibility index (Phi) is 6.22. The number of likely N-dealkylation sites (N-methyl/N-ethyl adjacent to an activating group) is 1. The Bertz CT molecular complexity index is 162. The zero-order chi connectivity index (χ0) is 11.1. The Labute approximate surface area is 93.5 Å². The van der Waals surface area contributed by atoms with E-state index in [1.165, 1.54) is 6.42 Å². The predicted octanol–water partition coefficient (Wildman–Crippen LogP) is 1.82. The first-order valence-electron chi connectivity index (χ1n) is 6.10. The third kappa shape index (κ3) is 5.50. The van der Waals surface area contributed by atoms with Crippen LogP contribution in [-0.2, 0) is 9.47 Å². The molecule has 3 nitrogen and oxygen atoms in total. The summed E-state index contributed by atoms with van der Waals surface area (Å²) >= 11 is 0. The lowest BCUT2D eigenvalue weighted by Gasteiger charge is -2.14. The van der Waals surface area contributed by atoms with E-state index in [0.717, 1.165) is 38.5 Å². The van der Waals surface area contributed by atoms with Crippen LogP contribution >= 0.6 is 0 Å². The minimum absolute atomic E-state index is 0.329. The number of hydrogen-bond donors (Lipinski definition) is 1. The number of hydrogen-bond acceptors (Lipinski definition) is 3. The van der Waals surface area contributed by atoms with Gasteiger partial charge in [0.2, 0.25) is 0 Å². The molecule has 2 atom stereocenters. The van der Waals surface area contributed by atoms with Gasteiger partial charge in [-0.25, -0.2) is 0 Å². The van der Waals surface area contributed by atoms with E-state index in [-0.39, 0.29) is 0 Å². The van der Waals surface area contributed by atoms with Gasteiger partial charge in [0.25, 0.3) is 0 Å². The van der Waals surface area contributed by atoms with Gasteiger partial charge in [0, 0.05) is 13.2 Å². The van der Waals surface area contributed by atoms with Gasteiger partial charge >= 0.3 is 0 Å². The Morgan fingerprint density at radius 3 is 2.73 bits per heavy atom. The molecule has 1 saturated heterocycles. The fraction of sp³-hybridized carbons (Fsp3) is 1.00. The van der Waals surface area contributed by atoms with E-state index in [4.69, 9.17) is 9.47 Å². The van der Waals surface area contributed by atoms with E-state index in [1.54, 1.807) is 0 Å². The van der Waals surface area contributed by atoms with Crippen LogP contribution in [0.2, 0.25) is 0 Å². The summed E-state index contributed by atoms with van der Waals surface area (Å²) < 4.78 is 11.4. The van der Waals surface area contributed by atoms with Gasteiger partial charge in [0.1, 0.15) is 0 Å². The molecule has 0 saturated carbocycles. The van der Waals surface area contributed by atoms with E-state index in [1.807, 2.05) is 7.05 Å². The Morgan fingerprint density at radius 2 is 2.07 bits per heavy atom. The van der Waals surface area contributed by atoms with E-state index in [2.05, 4.69) is 19.2 Å². The molecule has 2 unspecified atom stereocenters. The maximum Gasteiger partial charge on any atom is 0.0813 e. The van der Waals surface area contributed by atoms with Gasteiger partial charge in [0.05, 0.1) is 18.8 Å². The highest BCUT2D eigenvalue weighted by molar-refractivity contribution is 4.74. The molecule has 0 amide bonds. The number of ether oxygens (including phenoxy) is 2. The lowest BCUT2D eigenvalue weighted by Crippen LogP contribution is -2.25. The maximum atomic E-state index is 5.82. The molecular formula is C12H25NO2. The van der Waals surface area contributed by atoms with Gasteiger partial charge in [-0.2, -0.15) is 0 Å². The molecule has 0 spiro atoms. The Hall–Kier alpha value is -0.120. The molecule has 0 aromatic carbocycles. The normalized spacial score (nSPS) is 26.4. The predicted molar refractivity (Wildman–Crippen MR) is 62.1 cm³/mol. The summed E-state index contributed by atoms with van der Waals surface area (Å²) in [5.74, 6) is 0.728. The van der Waals surface area contributed by atoms with Crippen molar-refractivity contribution < 1.29 is 9.47 Å². The molecule has 0 bridgehead atoms. The van der Waals surface area contributed by atoms with Gasteiger partial charge in [0.15, 0.2) is 0 Å². The molecule has 15 heavy (non-hydrogen) atoms. The summed E-state index contributed by atoms with van der Waals surface area (Å²) in [5.41, 5.74) is 0. The molecule has 0 aromatic rings. The van der Waals surface area contributed by atoms with Crippen LogP contribution in [0.15, 0.2) is 0 Å². The Balaban J connectivity index is 1.99. The molecule has 1 aliphatic heterocycles. The van der Waals surface area contributed by atoms with Crippen molar-refractivity contribution in [2.75, 3.05) is 26.8 Å². The van der Waals surface area contributed by atoms with Crippen LogP contribution in [0, 0.1) is 5.92 Å². The smallest absolute Gasteiger partial charge is 0.0813 e. The van der Waals surface area contributed by atoms with Gasteiger partial charge in [-0.1, -0.05) is 13.8 Å². The van der Waals surface area contributed by atoms with Crippen molar-refractivity contribution in [2.24, 2.45) is 5.92 Å². The van der Waals surface area contributed by atoms with Crippen molar-refractivity contribution in [1.29, 1.82) is 0 Å². The average Bonchev–Trinajstić information content (AvgIpc) is 2.61. The second kappa shape index (κ2) is 7.20. The third-order valence-electron chi connectivity index (χ3n) is 2.77. The summed E-state index contributed by atoms with van der Waals surface area (Å²) in [5, 5.41) is 3.15. The minimum Gasteiger partial charge on any atom is -0.379 e. The average molecular weight is 215 g/mol. The molecule has 3 heteroatoms. The van der Waals surface area contributed by atoms with E-state index < -0.39 is 0 Å². The summed E-state index contributed by atoms with van der Waals surface area (Å²) in [6, 6.07) is 0. The number of rotatable bonds is 7. The van der Waals surface area contributed by atoms with Crippen molar-refractivity contribution in [1.82, 2.24) is 5.32 Å². The van der Waals surface area contributed by atoms with Crippen LogP contribution in [0.3, 0.4) is 0 Å². The van der Waals surface area contributed by atoms with Crippen molar-refractivity contribution in [3.63, 3.8) is 0 Å². The molecule has 1 aliphatic rings. The quantitative estimate of drug-likeness (QED) is 0.657. The van der Waals surface area contributed by atoms with Crippen LogP contribution in [0.1, 0.15) is 33.1 Å². The molecule has 1 N–H and O–H groups in total. The molecule has 1 rings (SSSR count). The monoisotopic (exact) mass is 215 g/mol. The molecule has 0 radical (unpaired) electrons. The summed E-state index contributed by atoms with van der Waals surface area (Å²) in [6.07, 6.45) is 4.18. The largest absolute Gasteiger partial charge is 0.379 e. The lowest BCUT2D eigenvalue weighted by atomic mass is 10.1. The van der Waals surface area contributed by atoms with Crippen molar-refractivity contribution in [3.05, 3.63) is 0 Å². The van der Waals surface area contributed by atoms with Crippen LogP contribution < -0.4 is 5.32 Å². The molecule has 1 fully saturated rings. The van der Waals surface area contributed by atoms with Gasteiger partial charge in [-0.3, -0.25) is 0 Å².